The number of hydrogen-bond donors (Lipinski definition) is 3. The summed E-state index contributed by atoms with van der Waals surface area (Å²) in [4.78, 5) is 36.1. The Bertz CT molecular complexity index is 1560. The van der Waals surface area contributed by atoms with E-state index >= 15 is 0 Å². The van der Waals surface area contributed by atoms with Gasteiger partial charge in [-0.1, -0.05) is 0 Å². The predicted octanol–water partition coefficient (Wildman–Crippen LogP) is 3.34. The lowest BCUT2D eigenvalue weighted by Gasteiger charge is -2.40. The largest absolute Gasteiger partial charge is 0.455 e. The summed E-state index contributed by atoms with van der Waals surface area (Å²) in [6.45, 7) is 1.02. The molecule has 3 aromatic heterocycles. The minimum atomic E-state index is -6.03. The number of rotatable bonds is 7. The molecular formula is C26H26F7N5O4. The summed E-state index contributed by atoms with van der Waals surface area (Å²) in [6, 6.07) is 3.05. The molecule has 0 saturated carbocycles. The zero-order chi connectivity index (χ0) is 31.3. The Morgan fingerprint density at radius 3 is 2.24 bits per heavy atom. The van der Waals surface area contributed by atoms with E-state index in [4.69, 9.17) is 0 Å². The normalized spacial score (nSPS) is 16.1. The standard InChI is InChI=1S/C26H26F7N5O4/c1-23(2,25(29,30)26(31,32)33)36-22(42)16-11-38(21-17(28)9-14(27)10-34-21)20-15(19(16)41)3-4-18(35-20)37-7-5-24(12-39,13-40)6-8-37/h3-4,9-11,39-40H,5-8,12-13H2,1-2H3,(H,36,42). The smallest absolute Gasteiger partial charge is 0.396 e. The summed E-state index contributed by atoms with van der Waals surface area (Å²) in [5.74, 6) is -9.70. The topological polar surface area (TPSA) is 121 Å². The summed E-state index contributed by atoms with van der Waals surface area (Å²) < 4.78 is 96.6. The Balaban J connectivity index is 1.84. The van der Waals surface area contributed by atoms with E-state index in [-0.39, 0.29) is 30.1 Å². The van der Waals surface area contributed by atoms with Crippen LogP contribution >= 0.6 is 0 Å². The van der Waals surface area contributed by atoms with E-state index in [9.17, 15) is 50.5 Å². The number of piperidine rings is 1. The number of carbonyl (C=O) groups excluding carboxylic acids is 1. The Morgan fingerprint density at radius 2 is 1.69 bits per heavy atom. The first-order valence-corrected chi connectivity index (χ1v) is 12.6. The van der Waals surface area contributed by atoms with E-state index in [0.717, 1.165) is 4.57 Å². The Morgan fingerprint density at radius 1 is 1.07 bits per heavy atom. The highest BCUT2D eigenvalue weighted by atomic mass is 19.4. The van der Waals surface area contributed by atoms with Gasteiger partial charge in [0.15, 0.2) is 17.3 Å². The maximum absolute atomic E-state index is 14.9. The van der Waals surface area contributed by atoms with E-state index in [1.54, 1.807) is 10.2 Å². The second kappa shape index (κ2) is 10.8. The van der Waals surface area contributed by atoms with Crippen LogP contribution in [0.4, 0.5) is 36.6 Å². The SMILES string of the molecule is CC(C)(NC(=O)c1cn(-c2ncc(F)cc2F)c2nc(N3CCC(CO)(CO)CC3)ccc2c1=O)C(F)(F)C(F)(F)F. The van der Waals surface area contributed by atoms with Crippen molar-refractivity contribution >= 4 is 22.8 Å². The molecule has 0 atom stereocenters. The molecule has 0 aromatic carbocycles. The van der Waals surface area contributed by atoms with E-state index in [0.29, 0.717) is 58.2 Å². The van der Waals surface area contributed by atoms with Gasteiger partial charge in [0.2, 0.25) is 5.43 Å². The quantitative estimate of drug-likeness (QED) is 0.354. The fourth-order valence-corrected chi connectivity index (χ4v) is 4.64. The third-order valence-corrected chi connectivity index (χ3v) is 7.48. The second-order valence-corrected chi connectivity index (χ2v) is 10.7. The van der Waals surface area contributed by atoms with Gasteiger partial charge in [-0.3, -0.25) is 14.2 Å². The van der Waals surface area contributed by atoms with Crippen LogP contribution in [-0.4, -0.2) is 74.6 Å². The first-order chi connectivity index (χ1) is 19.5. The predicted molar refractivity (Wildman–Crippen MR) is 136 cm³/mol. The van der Waals surface area contributed by atoms with Crippen LogP contribution in [0.2, 0.25) is 0 Å². The lowest BCUT2D eigenvalue weighted by molar-refractivity contribution is -0.305. The molecule has 0 radical (unpaired) electrons. The number of fused-ring (bicyclic) bond motifs is 1. The number of hydrogen-bond acceptors (Lipinski definition) is 7. The lowest BCUT2D eigenvalue weighted by atomic mass is 9.80. The highest BCUT2D eigenvalue weighted by Gasteiger charge is 2.67. The number of nitrogens with zero attached hydrogens (tertiary/aromatic N) is 4. The maximum Gasteiger partial charge on any atom is 0.455 e. The van der Waals surface area contributed by atoms with Crippen LogP contribution in [0.1, 0.15) is 37.0 Å². The van der Waals surface area contributed by atoms with Crippen LogP contribution in [0, 0.1) is 17.0 Å². The number of carbonyl (C=O) groups is 1. The number of aliphatic hydroxyl groups excluding tert-OH is 2. The summed E-state index contributed by atoms with van der Waals surface area (Å²) in [5, 5.41) is 20.5. The fraction of sp³-hybridized carbons (Fsp3) is 0.462. The number of halogens is 7. The van der Waals surface area contributed by atoms with Crippen LogP contribution < -0.4 is 15.6 Å². The van der Waals surface area contributed by atoms with Crippen molar-refractivity contribution in [2.24, 2.45) is 5.41 Å². The minimum Gasteiger partial charge on any atom is -0.396 e. The zero-order valence-electron chi connectivity index (χ0n) is 22.3. The van der Waals surface area contributed by atoms with Gasteiger partial charge < -0.3 is 20.4 Å². The average molecular weight is 606 g/mol. The molecule has 0 bridgehead atoms. The number of amides is 1. The number of aromatic nitrogens is 3. The highest BCUT2D eigenvalue weighted by molar-refractivity contribution is 5.97. The summed E-state index contributed by atoms with van der Waals surface area (Å²) >= 11 is 0. The number of alkyl halides is 5. The number of aliphatic hydroxyl groups is 2. The van der Waals surface area contributed by atoms with Crippen molar-refractivity contribution in [3.8, 4) is 5.82 Å². The Labute approximate surface area is 233 Å². The van der Waals surface area contributed by atoms with Gasteiger partial charge >= 0.3 is 12.1 Å². The van der Waals surface area contributed by atoms with Crippen molar-refractivity contribution in [3.05, 3.63) is 58.0 Å². The molecule has 3 N–H and O–H groups in total. The van der Waals surface area contributed by atoms with Crippen LogP contribution in [0.15, 0.2) is 35.4 Å². The van der Waals surface area contributed by atoms with Crippen molar-refractivity contribution in [1.82, 2.24) is 19.9 Å². The molecule has 9 nitrogen and oxygen atoms in total. The number of nitrogens with one attached hydrogen (secondary N) is 1. The molecule has 16 heteroatoms. The average Bonchev–Trinajstić information content (AvgIpc) is 2.92. The van der Waals surface area contributed by atoms with Crippen molar-refractivity contribution < 1.29 is 45.7 Å². The van der Waals surface area contributed by atoms with E-state index in [1.165, 1.54) is 12.1 Å². The van der Waals surface area contributed by atoms with Gasteiger partial charge in [0, 0.05) is 30.8 Å². The third-order valence-electron chi connectivity index (χ3n) is 7.48. The molecule has 0 unspecified atom stereocenters. The van der Waals surface area contributed by atoms with Crippen molar-refractivity contribution in [3.63, 3.8) is 0 Å². The monoisotopic (exact) mass is 605 g/mol. The zero-order valence-corrected chi connectivity index (χ0v) is 22.3. The molecule has 1 amide bonds. The highest BCUT2D eigenvalue weighted by Crippen LogP contribution is 2.43. The molecule has 1 aliphatic heterocycles. The van der Waals surface area contributed by atoms with Crippen molar-refractivity contribution in [2.45, 2.75) is 44.3 Å². The molecule has 1 saturated heterocycles. The first-order valence-electron chi connectivity index (χ1n) is 12.6. The molecule has 0 spiro atoms. The summed E-state index contributed by atoms with van der Waals surface area (Å²) in [5.41, 5.74) is -6.21. The number of anilines is 1. The van der Waals surface area contributed by atoms with Gasteiger partial charge in [0.25, 0.3) is 5.91 Å². The molecule has 1 fully saturated rings. The molecule has 42 heavy (non-hydrogen) atoms. The first kappa shape index (κ1) is 31.2. The van der Waals surface area contributed by atoms with E-state index in [2.05, 4.69) is 9.97 Å². The van der Waals surface area contributed by atoms with Crippen LogP contribution in [-0.2, 0) is 0 Å². The second-order valence-electron chi connectivity index (χ2n) is 10.7. The van der Waals surface area contributed by atoms with Gasteiger partial charge in [-0.05, 0) is 38.8 Å². The maximum atomic E-state index is 14.9. The van der Waals surface area contributed by atoms with Crippen LogP contribution in [0.3, 0.4) is 0 Å². The summed E-state index contributed by atoms with van der Waals surface area (Å²) in [6.07, 6.45) is -3.94. The fourth-order valence-electron chi connectivity index (χ4n) is 4.64. The molecule has 1 aliphatic rings. The molecular weight excluding hydrogens is 579 g/mol. The van der Waals surface area contributed by atoms with Gasteiger partial charge in [0.05, 0.1) is 24.8 Å². The number of pyridine rings is 3. The minimum absolute atomic E-state index is 0.242. The lowest BCUT2D eigenvalue weighted by Crippen LogP contribution is -2.62. The Hall–Kier alpha value is -3.79. The van der Waals surface area contributed by atoms with Gasteiger partial charge in [-0.25, -0.2) is 18.7 Å². The Kier molecular flexibility index (Phi) is 8.01. The van der Waals surface area contributed by atoms with Crippen LogP contribution in [0.5, 0.6) is 0 Å². The van der Waals surface area contributed by atoms with Crippen LogP contribution in [0.25, 0.3) is 16.9 Å². The molecule has 0 aliphatic carbocycles. The van der Waals surface area contributed by atoms with Crippen molar-refractivity contribution in [1.29, 1.82) is 0 Å². The van der Waals surface area contributed by atoms with Crippen molar-refractivity contribution in [2.75, 3.05) is 31.2 Å². The van der Waals surface area contributed by atoms with Gasteiger partial charge in [-0.15, -0.1) is 0 Å². The van der Waals surface area contributed by atoms with E-state index < -0.39 is 57.4 Å². The van der Waals surface area contributed by atoms with E-state index in [1.807, 2.05) is 0 Å². The molecule has 4 heterocycles. The van der Waals surface area contributed by atoms with Gasteiger partial charge in [0.1, 0.15) is 22.7 Å². The molecule has 3 aromatic rings. The third kappa shape index (κ3) is 5.40. The summed E-state index contributed by atoms with van der Waals surface area (Å²) in [7, 11) is 0. The molecule has 228 valence electrons. The molecule has 4 rings (SSSR count). The van der Waals surface area contributed by atoms with Gasteiger partial charge in [-0.2, -0.15) is 22.0 Å².